The lowest BCUT2D eigenvalue weighted by atomic mass is 9.90. The molecule has 10 heteroatoms. The van der Waals surface area contributed by atoms with E-state index in [0.29, 0.717) is 17.2 Å². The number of hydrazone groups is 1. The Bertz CT molecular complexity index is 818. The van der Waals surface area contributed by atoms with E-state index in [2.05, 4.69) is 10.3 Å². The highest BCUT2D eigenvalue weighted by atomic mass is 19.4. The minimum Gasteiger partial charge on any atom is -0.391 e. The fraction of sp³-hybridized carbons (Fsp3) is 0.750. The van der Waals surface area contributed by atoms with Crippen molar-refractivity contribution in [1.29, 1.82) is 0 Å². The van der Waals surface area contributed by atoms with Crippen LogP contribution in [0.25, 0.3) is 0 Å². The topological polar surface area (TPSA) is 82.2 Å². The van der Waals surface area contributed by atoms with Crippen molar-refractivity contribution >= 4 is 11.6 Å². The summed E-state index contributed by atoms with van der Waals surface area (Å²) in [5.74, 6) is -0.482. The Morgan fingerprint density at radius 2 is 2.07 bits per heavy atom. The molecule has 0 aliphatic carbocycles. The predicted molar refractivity (Wildman–Crippen MR) is 104 cm³/mol. The molecule has 2 aliphatic rings. The molecule has 1 unspecified atom stereocenters. The number of carbonyl (C=O) groups excluding carboxylic acids is 1. The van der Waals surface area contributed by atoms with Gasteiger partial charge in [-0.3, -0.25) is 9.80 Å². The molecule has 0 radical (unpaired) electrons. The number of hydrogen-bond donors (Lipinski definition) is 1. The molecule has 0 bridgehead atoms. The monoisotopic (exact) mass is 430 g/mol. The SMILES string of the molecule is Cc1cc(C(C(=O)N2C[C@H](O)C[C@H]2C2=NN(CC(F)(F)F)C(C)(C)C2)C(C)C)on1. The Balaban J connectivity index is 1.88. The summed E-state index contributed by atoms with van der Waals surface area (Å²) in [6, 6.07) is 1.17. The van der Waals surface area contributed by atoms with Gasteiger partial charge >= 0.3 is 6.18 Å². The number of alkyl halides is 3. The molecule has 0 aromatic carbocycles. The predicted octanol–water partition coefficient (Wildman–Crippen LogP) is 3.09. The highest BCUT2D eigenvalue weighted by Crippen LogP contribution is 2.36. The van der Waals surface area contributed by atoms with Crippen LogP contribution in [0, 0.1) is 12.8 Å². The number of amides is 1. The molecule has 2 aliphatic heterocycles. The van der Waals surface area contributed by atoms with Crippen LogP contribution in [0.15, 0.2) is 15.7 Å². The number of aliphatic hydroxyl groups excluding tert-OH is 1. The van der Waals surface area contributed by atoms with Crippen molar-refractivity contribution in [2.75, 3.05) is 13.1 Å². The maximum Gasteiger partial charge on any atom is 0.407 e. The maximum atomic E-state index is 13.5. The molecule has 1 N–H and O–H groups in total. The van der Waals surface area contributed by atoms with Gasteiger partial charge in [-0.1, -0.05) is 19.0 Å². The third-order valence-corrected chi connectivity index (χ3v) is 5.72. The number of rotatable bonds is 5. The molecule has 3 rings (SSSR count). The summed E-state index contributed by atoms with van der Waals surface area (Å²) in [6.45, 7) is 7.90. The second-order valence-electron chi connectivity index (χ2n) is 9.24. The summed E-state index contributed by atoms with van der Waals surface area (Å²) >= 11 is 0. The molecular formula is C20H29F3N4O3. The highest BCUT2D eigenvalue weighted by Gasteiger charge is 2.47. The molecule has 7 nitrogen and oxygen atoms in total. The zero-order valence-electron chi connectivity index (χ0n) is 17.9. The molecule has 1 aromatic rings. The largest absolute Gasteiger partial charge is 0.407 e. The van der Waals surface area contributed by atoms with Crippen molar-refractivity contribution in [2.45, 2.75) is 77.2 Å². The van der Waals surface area contributed by atoms with Gasteiger partial charge in [-0.15, -0.1) is 0 Å². The number of carbonyl (C=O) groups is 1. The fourth-order valence-corrected chi connectivity index (χ4v) is 4.28. The van der Waals surface area contributed by atoms with Gasteiger partial charge in [-0.25, -0.2) is 0 Å². The van der Waals surface area contributed by atoms with E-state index in [1.165, 1.54) is 0 Å². The molecule has 1 amide bonds. The van der Waals surface area contributed by atoms with Crippen molar-refractivity contribution in [3.05, 3.63) is 17.5 Å². The van der Waals surface area contributed by atoms with Crippen molar-refractivity contribution in [3.63, 3.8) is 0 Å². The van der Waals surface area contributed by atoms with E-state index >= 15 is 0 Å². The zero-order chi connectivity index (χ0) is 22.4. The summed E-state index contributed by atoms with van der Waals surface area (Å²) in [6.07, 6.45) is -4.60. The van der Waals surface area contributed by atoms with Crippen LogP contribution < -0.4 is 0 Å². The second-order valence-corrected chi connectivity index (χ2v) is 9.24. The third kappa shape index (κ3) is 4.63. The first kappa shape index (κ1) is 22.6. The number of aliphatic hydroxyl groups is 1. The first-order chi connectivity index (χ1) is 13.8. The van der Waals surface area contributed by atoms with Crippen LogP contribution in [0.2, 0.25) is 0 Å². The average Bonchev–Trinajstić information content (AvgIpc) is 3.24. The van der Waals surface area contributed by atoms with Crippen LogP contribution in [-0.4, -0.2) is 68.7 Å². The number of aryl methyl sites for hydroxylation is 1. The van der Waals surface area contributed by atoms with Gasteiger partial charge in [0.15, 0.2) is 0 Å². The first-order valence-corrected chi connectivity index (χ1v) is 10.1. The second kappa shape index (κ2) is 7.86. The van der Waals surface area contributed by atoms with E-state index in [9.17, 15) is 23.1 Å². The van der Waals surface area contributed by atoms with Crippen molar-refractivity contribution in [1.82, 2.24) is 15.1 Å². The molecule has 3 atom stereocenters. The molecule has 30 heavy (non-hydrogen) atoms. The van der Waals surface area contributed by atoms with Crippen molar-refractivity contribution in [3.8, 4) is 0 Å². The van der Waals surface area contributed by atoms with E-state index in [1.54, 1.807) is 31.7 Å². The number of aromatic nitrogens is 1. The average molecular weight is 430 g/mol. The van der Waals surface area contributed by atoms with Crippen molar-refractivity contribution < 1.29 is 27.6 Å². The lowest BCUT2D eigenvalue weighted by molar-refractivity contribution is -0.154. The molecule has 0 saturated carbocycles. The summed E-state index contributed by atoms with van der Waals surface area (Å²) in [5, 5.41) is 19.4. The van der Waals surface area contributed by atoms with E-state index in [4.69, 9.17) is 4.52 Å². The molecule has 168 valence electrons. The fourth-order valence-electron chi connectivity index (χ4n) is 4.28. The maximum absolute atomic E-state index is 13.5. The molecule has 1 aromatic heterocycles. The number of hydrogen-bond acceptors (Lipinski definition) is 6. The van der Waals surface area contributed by atoms with Crippen LogP contribution in [0.5, 0.6) is 0 Å². The van der Waals surface area contributed by atoms with E-state index in [0.717, 1.165) is 5.01 Å². The van der Waals surface area contributed by atoms with Gasteiger partial charge in [0.05, 0.1) is 29.1 Å². The quantitative estimate of drug-likeness (QED) is 0.776. The van der Waals surface area contributed by atoms with Gasteiger partial charge in [0.2, 0.25) is 5.91 Å². The smallest absolute Gasteiger partial charge is 0.391 e. The number of likely N-dealkylation sites (tertiary alicyclic amines) is 1. The number of nitrogens with zero attached hydrogens (tertiary/aromatic N) is 4. The van der Waals surface area contributed by atoms with Gasteiger partial charge < -0.3 is 14.5 Å². The van der Waals surface area contributed by atoms with Crippen LogP contribution in [-0.2, 0) is 4.79 Å². The van der Waals surface area contributed by atoms with Crippen LogP contribution in [0.3, 0.4) is 0 Å². The van der Waals surface area contributed by atoms with E-state index < -0.39 is 36.3 Å². The minimum atomic E-state index is -4.38. The van der Waals surface area contributed by atoms with Gasteiger partial charge in [0.1, 0.15) is 18.2 Å². The Hall–Kier alpha value is -2.10. The summed E-state index contributed by atoms with van der Waals surface area (Å²) < 4.78 is 44.3. The molecule has 1 saturated heterocycles. The van der Waals surface area contributed by atoms with Gasteiger partial charge in [0, 0.05) is 25.5 Å². The lowest BCUT2D eigenvalue weighted by Gasteiger charge is -2.31. The number of β-amino-alcohol motifs (C(OH)–C–C–N with tert-alkyl or cyclic N) is 1. The van der Waals surface area contributed by atoms with Gasteiger partial charge in [-0.2, -0.15) is 18.3 Å². The van der Waals surface area contributed by atoms with Crippen molar-refractivity contribution in [2.24, 2.45) is 11.0 Å². The Morgan fingerprint density at radius 1 is 1.40 bits per heavy atom. The zero-order valence-corrected chi connectivity index (χ0v) is 17.9. The summed E-state index contributed by atoms with van der Waals surface area (Å²) in [4.78, 5) is 15.0. The van der Waals surface area contributed by atoms with Crippen LogP contribution >= 0.6 is 0 Å². The first-order valence-electron chi connectivity index (χ1n) is 10.1. The third-order valence-electron chi connectivity index (χ3n) is 5.72. The molecule has 0 spiro atoms. The van der Waals surface area contributed by atoms with Gasteiger partial charge in [-0.05, 0) is 26.7 Å². The van der Waals surface area contributed by atoms with Crippen LogP contribution in [0.1, 0.15) is 57.9 Å². The molecule has 3 heterocycles. The minimum absolute atomic E-state index is 0.0908. The van der Waals surface area contributed by atoms with E-state index in [-0.39, 0.29) is 31.2 Å². The standard InChI is InChI=1S/C20H29F3N4O3/c1-11(2)17(16-6-12(3)25-30-16)18(29)26-9-13(28)7-15(26)14-8-19(4,5)27(24-14)10-20(21,22)23/h6,11,13,15,17,28H,7-10H2,1-5H3/t13-,15+,17?/m1/s1. The lowest BCUT2D eigenvalue weighted by Crippen LogP contribution is -2.45. The molecule has 1 fully saturated rings. The highest BCUT2D eigenvalue weighted by molar-refractivity contribution is 5.96. The van der Waals surface area contributed by atoms with Gasteiger partial charge in [0.25, 0.3) is 0 Å². The summed E-state index contributed by atoms with van der Waals surface area (Å²) in [5.41, 5.74) is 0.323. The Labute approximate surface area is 173 Å². The van der Waals surface area contributed by atoms with E-state index in [1.807, 2.05) is 13.8 Å². The normalized spacial score (nSPS) is 25.2. The molecular weight excluding hydrogens is 401 g/mol. The number of halogens is 3. The van der Waals surface area contributed by atoms with Crippen LogP contribution in [0.4, 0.5) is 13.2 Å². The summed E-state index contributed by atoms with van der Waals surface area (Å²) in [7, 11) is 0. The Morgan fingerprint density at radius 3 is 2.60 bits per heavy atom. The Kier molecular flexibility index (Phi) is 5.92.